The van der Waals surface area contributed by atoms with Crippen LogP contribution in [0, 0.1) is 31.1 Å². The van der Waals surface area contributed by atoms with E-state index in [9.17, 15) is 14.9 Å². The van der Waals surface area contributed by atoms with E-state index in [0.717, 1.165) is 56.3 Å². The van der Waals surface area contributed by atoms with E-state index in [0.29, 0.717) is 24.0 Å². The number of unbranched alkanes of at least 4 members (excludes halogenated alkanes) is 1. The molecule has 33 heavy (non-hydrogen) atoms. The van der Waals surface area contributed by atoms with Gasteiger partial charge in [-0.1, -0.05) is 32.6 Å². The second-order valence-electron chi connectivity index (χ2n) is 9.95. The minimum Gasteiger partial charge on any atom is -0.356 e. The van der Waals surface area contributed by atoms with Crippen LogP contribution in [0.15, 0.2) is 0 Å². The smallest absolute Gasteiger partial charge is 0.239 e. The van der Waals surface area contributed by atoms with Gasteiger partial charge in [-0.2, -0.15) is 5.26 Å². The summed E-state index contributed by atoms with van der Waals surface area (Å²) < 4.78 is 2.20. The third kappa shape index (κ3) is 5.97. The van der Waals surface area contributed by atoms with Crippen molar-refractivity contribution in [3.8, 4) is 6.07 Å². The number of anilines is 1. The second kappa shape index (κ2) is 11.7. The van der Waals surface area contributed by atoms with Gasteiger partial charge in [-0.15, -0.1) is 0 Å². The number of aromatic nitrogens is 1. The fourth-order valence-electron chi connectivity index (χ4n) is 5.38. The number of carbonyl (C=O) groups is 2. The third-order valence-corrected chi connectivity index (χ3v) is 7.62. The summed E-state index contributed by atoms with van der Waals surface area (Å²) in [5.41, 5.74) is 2.60. The van der Waals surface area contributed by atoms with Crippen LogP contribution in [0.1, 0.15) is 94.5 Å². The number of nitriles is 1. The number of hydrogen-bond donors (Lipinski definition) is 2. The average Bonchev–Trinajstić information content (AvgIpc) is 3.04. The Morgan fingerprint density at radius 3 is 2.52 bits per heavy atom. The molecule has 2 amide bonds. The molecule has 0 aromatic carbocycles. The molecule has 2 atom stereocenters. The van der Waals surface area contributed by atoms with Crippen molar-refractivity contribution in [2.24, 2.45) is 5.92 Å². The number of nitrogens with zero attached hydrogens (tertiary/aromatic N) is 3. The van der Waals surface area contributed by atoms with Crippen LogP contribution < -0.4 is 10.6 Å². The van der Waals surface area contributed by atoms with Crippen LogP contribution >= 0.6 is 0 Å². The summed E-state index contributed by atoms with van der Waals surface area (Å²) in [5.74, 6) is 0.573. The van der Waals surface area contributed by atoms with E-state index in [-0.39, 0.29) is 30.3 Å². The molecule has 1 saturated carbocycles. The van der Waals surface area contributed by atoms with Crippen LogP contribution in [0.25, 0.3) is 0 Å². The lowest BCUT2D eigenvalue weighted by Gasteiger charge is -2.37. The lowest BCUT2D eigenvalue weighted by atomic mass is 9.92. The van der Waals surface area contributed by atoms with Crippen LogP contribution in [0.3, 0.4) is 0 Å². The molecule has 1 aromatic rings. The summed E-state index contributed by atoms with van der Waals surface area (Å²) in [4.78, 5) is 27.8. The van der Waals surface area contributed by atoms with Crippen molar-refractivity contribution in [3.63, 3.8) is 0 Å². The number of nitrogens with one attached hydrogen (secondary N) is 2. The fraction of sp³-hybridized carbons (Fsp3) is 0.731. The van der Waals surface area contributed by atoms with Gasteiger partial charge in [-0.3, -0.25) is 14.5 Å². The minimum atomic E-state index is -0.111. The molecule has 182 valence electrons. The Bertz CT molecular complexity index is 878. The quantitative estimate of drug-likeness (QED) is 0.567. The first-order valence-electron chi connectivity index (χ1n) is 12.8. The maximum atomic E-state index is 13.2. The summed E-state index contributed by atoms with van der Waals surface area (Å²) in [6.45, 7) is 9.80. The van der Waals surface area contributed by atoms with Crippen molar-refractivity contribution < 1.29 is 9.59 Å². The van der Waals surface area contributed by atoms with Crippen LogP contribution in [-0.2, 0) is 9.59 Å². The first-order valence-corrected chi connectivity index (χ1v) is 12.8. The number of likely N-dealkylation sites (tertiary alicyclic amines) is 1. The summed E-state index contributed by atoms with van der Waals surface area (Å²) >= 11 is 0. The van der Waals surface area contributed by atoms with Crippen molar-refractivity contribution in [3.05, 3.63) is 16.8 Å². The van der Waals surface area contributed by atoms with Crippen LogP contribution in [0.5, 0.6) is 0 Å². The predicted molar refractivity (Wildman–Crippen MR) is 131 cm³/mol. The van der Waals surface area contributed by atoms with Crippen LogP contribution in [0.4, 0.5) is 5.82 Å². The summed E-state index contributed by atoms with van der Waals surface area (Å²) in [6.07, 6.45) is 9.59. The predicted octanol–water partition coefficient (Wildman–Crippen LogP) is 4.44. The molecule has 1 saturated heterocycles. The molecule has 1 aromatic heterocycles. The summed E-state index contributed by atoms with van der Waals surface area (Å²) in [5, 5.41) is 16.0. The zero-order valence-corrected chi connectivity index (χ0v) is 20.9. The maximum Gasteiger partial charge on any atom is 0.239 e. The number of carbonyl (C=O) groups excluding carboxylic acids is 2. The van der Waals surface area contributed by atoms with Gasteiger partial charge in [-0.25, -0.2) is 0 Å². The number of rotatable bonds is 8. The number of piperidine rings is 1. The number of amides is 2. The molecule has 0 spiro atoms. The highest BCUT2D eigenvalue weighted by Crippen LogP contribution is 2.36. The van der Waals surface area contributed by atoms with Crippen LogP contribution in [0.2, 0.25) is 0 Å². The van der Waals surface area contributed by atoms with Gasteiger partial charge in [0.1, 0.15) is 11.9 Å². The van der Waals surface area contributed by atoms with E-state index >= 15 is 0 Å². The maximum absolute atomic E-state index is 13.2. The number of hydrogen-bond acceptors (Lipinski definition) is 4. The Labute approximate surface area is 198 Å². The van der Waals surface area contributed by atoms with Crippen molar-refractivity contribution in [2.45, 2.75) is 97.6 Å². The Morgan fingerprint density at radius 2 is 1.85 bits per heavy atom. The SMILES string of the molecule is CCCCNC(=O)C1CCC(C)N(CC(=O)Nc2c(C#N)c(C)c(C)n2C2CCCCC2)C1. The van der Waals surface area contributed by atoms with Gasteiger partial charge in [0.15, 0.2) is 0 Å². The van der Waals surface area contributed by atoms with E-state index < -0.39 is 0 Å². The summed E-state index contributed by atoms with van der Waals surface area (Å²) in [6, 6.07) is 2.91. The molecule has 2 unspecified atom stereocenters. The third-order valence-electron chi connectivity index (χ3n) is 7.62. The average molecular weight is 456 g/mol. The van der Waals surface area contributed by atoms with Gasteiger partial charge in [0, 0.05) is 30.9 Å². The van der Waals surface area contributed by atoms with Gasteiger partial charge < -0.3 is 15.2 Å². The minimum absolute atomic E-state index is 0.0730. The van der Waals surface area contributed by atoms with Gasteiger partial charge in [-0.05, 0) is 58.4 Å². The molecule has 2 N–H and O–H groups in total. The van der Waals surface area contributed by atoms with E-state index in [1.54, 1.807) is 0 Å². The Morgan fingerprint density at radius 1 is 1.12 bits per heavy atom. The summed E-state index contributed by atoms with van der Waals surface area (Å²) in [7, 11) is 0. The molecule has 7 heteroatoms. The highest BCUT2D eigenvalue weighted by Gasteiger charge is 2.32. The highest BCUT2D eigenvalue weighted by atomic mass is 16.2. The molecule has 2 fully saturated rings. The van der Waals surface area contributed by atoms with E-state index in [4.69, 9.17) is 0 Å². The fourth-order valence-corrected chi connectivity index (χ4v) is 5.38. The lowest BCUT2D eigenvalue weighted by molar-refractivity contribution is -0.128. The molecular weight excluding hydrogens is 414 g/mol. The van der Waals surface area contributed by atoms with Crippen molar-refractivity contribution in [2.75, 3.05) is 25.0 Å². The van der Waals surface area contributed by atoms with Crippen LogP contribution in [-0.4, -0.2) is 47.0 Å². The van der Waals surface area contributed by atoms with E-state index in [2.05, 4.69) is 46.9 Å². The zero-order valence-electron chi connectivity index (χ0n) is 20.9. The molecule has 2 aliphatic rings. The molecular formula is C26H41N5O2. The lowest BCUT2D eigenvalue weighted by Crippen LogP contribution is -2.49. The Hall–Kier alpha value is -2.33. The van der Waals surface area contributed by atoms with Gasteiger partial charge in [0.25, 0.3) is 0 Å². The molecule has 1 aliphatic carbocycles. The highest BCUT2D eigenvalue weighted by molar-refractivity contribution is 5.93. The van der Waals surface area contributed by atoms with Gasteiger partial charge in [0.2, 0.25) is 11.8 Å². The molecule has 1 aliphatic heterocycles. The van der Waals surface area contributed by atoms with Gasteiger partial charge in [0.05, 0.1) is 18.0 Å². The van der Waals surface area contributed by atoms with E-state index in [1.165, 1.54) is 19.3 Å². The largest absolute Gasteiger partial charge is 0.356 e. The Balaban J connectivity index is 1.70. The molecule has 3 rings (SSSR count). The normalized spacial score (nSPS) is 22.0. The second-order valence-corrected chi connectivity index (χ2v) is 9.95. The molecule has 0 bridgehead atoms. The monoisotopic (exact) mass is 455 g/mol. The topological polar surface area (TPSA) is 90.2 Å². The van der Waals surface area contributed by atoms with Crippen molar-refractivity contribution in [1.82, 2.24) is 14.8 Å². The first kappa shape index (κ1) is 25.3. The molecule has 0 radical (unpaired) electrons. The first-order chi connectivity index (χ1) is 15.9. The van der Waals surface area contributed by atoms with Crippen molar-refractivity contribution >= 4 is 17.6 Å². The molecule has 2 heterocycles. The Kier molecular flexibility index (Phi) is 8.96. The van der Waals surface area contributed by atoms with Crippen molar-refractivity contribution in [1.29, 1.82) is 5.26 Å². The van der Waals surface area contributed by atoms with Gasteiger partial charge >= 0.3 is 0 Å². The zero-order chi connectivity index (χ0) is 24.0. The van der Waals surface area contributed by atoms with E-state index in [1.807, 2.05) is 6.92 Å². The molecule has 7 nitrogen and oxygen atoms in total. The standard InChI is InChI=1S/C26H41N5O2/c1-5-6-14-28-26(33)21-13-12-18(2)30(16-21)17-24(32)29-25-23(15-27)19(3)20(4)31(25)22-10-8-7-9-11-22/h18,21-22H,5-14,16-17H2,1-4H3,(H,28,33)(H,29,32).